The number of anilines is 1. The van der Waals surface area contributed by atoms with Crippen molar-refractivity contribution in [2.24, 2.45) is 5.92 Å². The van der Waals surface area contributed by atoms with Gasteiger partial charge in [-0.25, -0.2) is 0 Å². The van der Waals surface area contributed by atoms with Crippen LogP contribution in [-0.2, 0) is 11.3 Å². The predicted octanol–water partition coefficient (Wildman–Crippen LogP) is 4.55. The fraction of sp³-hybridized carbons (Fsp3) is 0.318. The molecule has 1 fully saturated rings. The van der Waals surface area contributed by atoms with E-state index >= 15 is 0 Å². The van der Waals surface area contributed by atoms with Gasteiger partial charge in [0.1, 0.15) is 0 Å². The smallest absolute Gasteiger partial charge is 0.241 e. The first-order valence-corrected chi connectivity index (χ1v) is 10.1. The highest BCUT2D eigenvalue weighted by atomic mass is 35.5. The molecule has 1 N–H and O–H groups in total. The summed E-state index contributed by atoms with van der Waals surface area (Å²) in [5, 5.41) is 7.74. The Morgan fingerprint density at radius 1 is 1.28 bits per heavy atom. The Kier molecular flexibility index (Phi) is 5.92. The highest BCUT2D eigenvalue weighted by Crippen LogP contribution is 2.22. The Balaban J connectivity index is 1.36. The van der Waals surface area contributed by atoms with E-state index in [0.29, 0.717) is 29.8 Å². The van der Waals surface area contributed by atoms with Crippen LogP contribution in [0.25, 0.3) is 11.4 Å². The standard InChI is InChI=1S/C22H23ClN4O2/c1-15-4-2-5-16(12-15)21-25-20(29-26-21)14-27-11-3-6-17(13-27)22(28)24-19-9-7-18(23)8-10-19/h2,4-5,7-10,12,17H,3,6,11,13-14H2,1H3,(H,24,28). The number of hydrogen-bond acceptors (Lipinski definition) is 5. The number of aryl methyl sites for hydroxylation is 1. The minimum Gasteiger partial charge on any atom is -0.338 e. The maximum Gasteiger partial charge on any atom is 0.241 e. The average Bonchev–Trinajstić information content (AvgIpc) is 3.18. The van der Waals surface area contributed by atoms with Gasteiger partial charge in [-0.2, -0.15) is 4.98 Å². The van der Waals surface area contributed by atoms with Crippen molar-refractivity contribution in [3.05, 3.63) is 65.0 Å². The fourth-order valence-corrected chi connectivity index (χ4v) is 3.73. The van der Waals surface area contributed by atoms with Crippen LogP contribution in [0.15, 0.2) is 53.1 Å². The number of aromatic nitrogens is 2. The third-order valence-electron chi connectivity index (χ3n) is 5.09. The Labute approximate surface area is 174 Å². The van der Waals surface area contributed by atoms with Crippen molar-refractivity contribution >= 4 is 23.2 Å². The fourth-order valence-electron chi connectivity index (χ4n) is 3.60. The molecule has 2 aromatic carbocycles. The molecule has 1 aliphatic heterocycles. The summed E-state index contributed by atoms with van der Waals surface area (Å²) in [6.45, 7) is 4.16. The van der Waals surface area contributed by atoms with Crippen molar-refractivity contribution in [1.29, 1.82) is 0 Å². The van der Waals surface area contributed by atoms with Crippen molar-refractivity contribution in [2.45, 2.75) is 26.3 Å². The summed E-state index contributed by atoms with van der Waals surface area (Å²) in [4.78, 5) is 19.4. The van der Waals surface area contributed by atoms with Gasteiger partial charge in [0.25, 0.3) is 0 Å². The van der Waals surface area contributed by atoms with Gasteiger partial charge in [0.05, 0.1) is 12.5 Å². The molecule has 0 radical (unpaired) electrons. The van der Waals surface area contributed by atoms with E-state index in [1.807, 2.05) is 43.3 Å². The van der Waals surface area contributed by atoms with Crippen LogP contribution in [0.2, 0.25) is 5.02 Å². The molecule has 1 unspecified atom stereocenters. The third-order valence-corrected chi connectivity index (χ3v) is 5.34. The Morgan fingerprint density at radius 3 is 2.90 bits per heavy atom. The number of nitrogens with one attached hydrogen (secondary N) is 1. The molecule has 1 amide bonds. The lowest BCUT2D eigenvalue weighted by atomic mass is 9.97. The summed E-state index contributed by atoms with van der Waals surface area (Å²) in [5.74, 6) is 1.12. The van der Waals surface area contributed by atoms with Crippen molar-refractivity contribution in [2.75, 3.05) is 18.4 Å². The molecular weight excluding hydrogens is 388 g/mol. The summed E-state index contributed by atoms with van der Waals surface area (Å²) in [5.41, 5.74) is 2.86. The molecule has 6 nitrogen and oxygen atoms in total. The maximum absolute atomic E-state index is 12.6. The highest BCUT2D eigenvalue weighted by Gasteiger charge is 2.27. The van der Waals surface area contributed by atoms with Gasteiger partial charge in [0.2, 0.25) is 17.6 Å². The number of hydrogen-bond donors (Lipinski definition) is 1. The minimum atomic E-state index is -0.0707. The molecule has 29 heavy (non-hydrogen) atoms. The van der Waals surface area contributed by atoms with E-state index < -0.39 is 0 Å². The normalized spacial score (nSPS) is 17.2. The molecule has 4 rings (SSSR count). The van der Waals surface area contributed by atoms with Crippen LogP contribution >= 0.6 is 11.6 Å². The van der Waals surface area contributed by atoms with Crippen LogP contribution in [0.3, 0.4) is 0 Å². The number of halogens is 1. The van der Waals surface area contributed by atoms with Crippen molar-refractivity contribution < 1.29 is 9.32 Å². The van der Waals surface area contributed by atoms with Crippen LogP contribution in [-0.4, -0.2) is 34.0 Å². The van der Waals surface area contributed by atoms with Crippen LogP contribution in [0, 0.1) is 12.8 Å². The van der Waals surface area contributed by atoms with Crippen LogP contribution in [0.5, 0.6) is 0 Å². The molecule has 0 spiro atoms. The molecule has 1 saturated heterocycles. The summed E-state index contributed by atoms with van der Waals surface area (Å²) in [6.07, 6.45) is 1.83. The lowest BCUT2D eigenvalue weighted by Crippen LogP contribution is -2.40. The van der Waals surface area contributed by atoms with Gasteiger partial charge in [-0.3, -0.25) is 9.69 Å². The third kappa shape index (κ3) is 5.02. The first-order valence-electron chi connectivity index (χ1n) is 9.75. The Bertz CT molecular complexity index is 986. The minimum absolute atomic E-state index is 0.0306. The van der Waals surface area contributed by atoms with Crippen molar-refractivity contribution in [3.8, 4) is 11.4 Å². The zero-order chi connectivity index (χ0) is 20.2. The zero-order valence-electron chi connectivity index (χ0n) is 16.3. The van der Waals surface area contributed by atoms with Crippen molar-refractivity contribution in [3.63, 3.8) is 0 Å². The van der Waals surface area contributed by atoms with Gasteiger partial charge in [-0.15, -0.1) is 0 Å². The first kappa shape index (κ1) is 19.6. The summed E-state index contributed by atoms with van der Waals surface area (Å²) in [7, 11) is 0. The van der Waals surface area contributed by atoms with E-state index in [0.717, 1.165) is 36.2 Å². The quantitative estimate of drug-likeness (QED) is 0.668. The number of amides is 1. The zero-order valence-corrected chi connectivity index (χ0v) is 17.0. The number of benzene rings is 2. The SMILES string of the molecule is Cc1cccc(-c2noc(CN3CCCC(C(=O)Nc4ccc(Cl)cc4)C3)n2)c1. The number of rotatable bonds is 5. The van der Waals surface area contributed by atoms with Gasteiger partial charge < -0.3 is 9.84 Å². The molecule has 1 aliphatic rings. The molecule has 0 saturated carbocycles. The second kappa shape index (κ2) is 8.76. The monoisotopic (exact) mass is 410 g/mol. The van der Waals surface area contributed by atoms with E-state index in [2.05, 4.69) is 20.4 Å². The van der Waals surface area contributed by atoms with E-state index in [-0.39, 0.29) is 11.8 Å². The van der Waals surface area contributed by atoms with E-state index in [4.69, 9.17) is 16.1 Å². The van der Waals surface area contributed by atoms with Gasteiger partial charge in [-0.1, -0.05) is 40.5 Å². The molecule has 1 atom stereocenters. The molecule has 150 valence electrons. The molecule has 0 aliphatic carbocycles. The van der Waals surface area contributed by atoms with E-state index in [1.165, 1.54) is 0 Å². The van der Waals surface area contributed by atoms with E-state index in [1.54, 1.807) is 12.1 Å². The molecule has 7 heteroatoms. The summed E-state index contributed by atoms with van der Waals surface area (Å²) >= 11 is 5.90. The van der Waals surface area contributed by atoms with Crippen LogP contribution in [0.4, 0.5) is 5.69 Å². The molecule has 3 aromatic rings. The first-order chi connectivity index (χ1) is 14.1. The largest absolute Gasteiger partial charge is 0.338 e. The number of carbonyl (C=O) groups excluding carboxylic acids is 1. The second-order valence-electron chi connectivity index (χ2n) is 7.45. The molecular formula is C22H23ClN4O2. The lowest BCUT2D eigenvalue weighted by Gasteiger charge is -2.30. The predicted molar refractivity (Wildman–Crippen MR) is 113 cm³/mol. The second-order valence-corrected chi connectivity index (χ2v) is 7.89. The number of carbonyl (C=O) groups is 1. The average molecular weight is 411 g/mol. The highest BCUT2D eigenvalue weighted by molar-refractivity contribution is 6.30. The molecule has 1 aromatic heterocycles. The van der Waals surface area contributed by atoms with Gasteiger partial charge >= 0.3 is 0 Å². The lowest BCUT2D eigenvalue weighted by molar-refractivity contribution is -0.121. The number of piperidine rings is 1. The Hall–Kier alpha value is -2.70. The number of likely N-dealkylation sites (tertiary alicyclic amines) is 1. The summed E-state index contributed by atoms with van der Waals surface area (Å²) in [6, 6.07) is 15.2. The van der Waals surface area contributed by atoms with Crippen LogP contribution in [0.1, 0.15) is 24.3 Å². The number of nitrogens with zero attached hydrogens (tertiary/aromatic N) is 3. The van der Waals surface area contributed by atoms with Gasteiger partial charge in [0, 0.05) is 22.8 Å². The van der Waals surface area contributed by atoms with E-state index in [9.17, 15) is 4.79 Å². The van der Waals surface area contributed by atoms with Gasteiger partial charge in [0.15, 0.2) is 0 Å². The van der Waals surface area contributed by atoms with Crippen LogP contribution < -0.4 is 5.32 Å². The van der Waals surface area contributed by atoms with Crippen molar-refractivity contribution in [1.82, 2.24) is 15.0 Å². The molecule has 2 heterocycles. The topological polar surface area (TPSA) is 71.3 Å². The summed E-state index contributed by atoms with van der Waals surface area (Å²) < 4.78 is 5.45. The molecule has 0 bridgehead atoms. The maximum atomic E-state index is 12.6. The Morgan fingerprint density at radius 2 is 2.10 bits per heavy atom. The van der Waals surface area contributed by atoms with Gasteiger partial charge in [-0.05, 0) is 56.6 Å².